The van der Waals surface area contributed by atoms with Gasteiger partial charge in [-0.15, -0.1) is 0 Å². The van der Waals surface area contributed by atoms with E-state index in [1.165, 1.54) is 17.5 Å². The van der Waals surface area contributed by atoms with Gasteiger partial charge in [0.2, 0.25) is 5.91 Å². The molecule has 1 amide bonds. The van der Waals surface area contributed by atoms with Gasteiger partial charge >= 0.3 is 0 Å². The van der Waals surface area contributed by atoms with Crippen molar-refractivity contribution in [2.45, 2.75) is 78.2 Å². The van der Waals surface area contributed by atoms with E-state index < -0.39 is 6.10 Å². The predicted molar refractivity (Wildman–Crippen MR) is 199 cm³/mol. The third kappa shape index (κ3) is 9.36. The summed E-state index contributed by atoms with van der Waals surface area (Å²) in [7, 11) is 2.12. The van der Waals surface area contributed by atoms with Crippen molar-refractivity contribution in [3.8, 4) is 5.75 Å². The minimum absolute atomic E-state index is 0. The molecule has 50 heavy (non-hydrogen) atoms. The maximum atomic E-state index is 13.6. The summed E-state index contributed by atoms with van der Waals surface area (Å²) >= 11 is 0. The molecule has 3 aliphatic heterocycles. The lowest BCUT2D eigenvalue weighted by Gasteiger charge is -2.34. The number of oxazole rings is 1. The number of aryl methyl sites for hydroxylation is 1. The Hall–Kier alpha value is -3.65. The van der Waals surface area contributed by atoms with Crippen molar-refractivity contribution in [2.75, 3.05) is 69.6 Å². The molecule has 0 spiro atoms. The van der Waals surface area contributed by atoms with Gasteiger partial charge in [0.05, 0.1) is 11.8 Å². The first-order valence-electron chi connectivity index (χ1n) is 17.7. The molecular weight excluding hydrogens is 655 g/mol. The molecule has 1 aromatic carbocycles. The summed E-state index contributed by atoms with van der Waals surface area (Å²) in [5, 5.41) is 14.6. The zero-order valence-electron chi connectivity index (χ0n) is 29.9. The van der Waals surface area contributed by atoms with Crippen LogP contribution in [0.2, 0.25) is 0 Å². The Morgan fingerprint density at radius 2 is 1.84 bits per heavy atom. The van der Waals surface area contributed by atoms with Crippen molar-refractivity contribution in [2.24, 2.45) is 0 Å². The van der Waals surface area contributed by atoms with E-state index in [4.69, 9.17) is 14.1 Å². The van der Waals surface area contributed by atoms with E-state index in [0.717, 1.165) is 100 Å². The van der Waals surface area contributed by atoms with E-state index in [1.54, 1.807) is 6.92 Å². The van der Waals surface area contributed by atoms with Gasteiger partial charge in [-0.1, -0.05) is 6.07 Å². The lowest BCUT2D eigenvalue weighted by atomic mass is 9.94. The highest BCUT2D eigenvalue weighted by Gasteiger charge is 2.25. The van der Waals surface area contributed by atoms with E-state index in [2.05, 4.69) is 45.0 Å². The number of β-amino-alcohol motifs (C(OH)–C–C–N with tert-alkyl or cyclic N) is 1. The van der Waals surface area contributed by atoms with Crippen LogP contribution >= 0.6 is 13.5 Å². The summed E-state index contributed by atoms with van der Waals surface area (Å²) < 4.78 is 11.5. The summed E-state index contributed by atoms with van der Waals surface area (Å²) in [6.45, 7) is 13.1. The average Bonchev–Trinajstić information content (AvgIpc) is 3.51. The molecule has 1 atom stereocenters. The number of fused-ring (bicyclic) bond motifs is 1. The van der Waals surface area contributed by atoms with Crippen LogP contribution in [0.15, 0.2) is 35.1 Å². The monoisotopic (exact) mass is 707 g/mol. The lowest BCUT2D eigenvalue weighted by Crippen LogP contribution is -2.45. The largest absolute Gasteiger partial charge is 0.485 e. The van der Waals surface area contributed by atoms with Gasteiger partial charge in [0.1, 0.15) is 24.0 Å². The number of carbonyl (C=O) groups excluding carboxylic acids is 2. The van der Waals surface area contributed by atoms with Crippen LogP contribution in [0.25, 0.3) is 0 Å². The van der Waals surface area contributed by atoms with Gasteiger partial charge in [-0.2, -0.15) is 13.5 Å². The fourth-order valence-corrected chi connectivity index (χ4v) is 7.13. The number of likely N-dealkylation sites (N-methyl/N-ethyl adjacent to an activating group) is 1. The molecule has 0 bridgehead atoms. The van der Waals surface area contributed by atoms with Crippen LogP contribution < -0.4 is 15.0 Å². The van der Waals surface area contributed by atoms with Crippen molar-refractivity contribution in [3.63, 3.8) is 0 Å². The van der Waals surface area contributed by atoms with Crippen LogP contribution in [0.3, 0.4) is 0 Å². The molecule has 3 aromatic rings. The maximum absolute atomic E-state index is 13.6. The highest BCUT2D eigenvalue weighted by atomic mass is 32.1. The summed E-state index contributed by atoms with van der Waals surface area (Å²) in [6.07, 6.45) is 4.05. The second kappa shape index (κ2) is 17.0. The van der Waals surface area contributed by atoms with Crippen LogP contribution in [-0.4, -0.2) is 113 Å². The Labute approximate surface area is 302 Å². The molecule has 0 aliphatic carbocycles. The number of benzene rings is 1. The molecule has 12 nitrogen and oxygen atoms in total. The molecule has 0 unspecified atom stereocenters. The molecule has 0 radical (unpaired) electrons. The van der Waals surface area contributed by atoms with E-state index in [-0.39, 0.29) is 37.6 Å². The zero-order chi connectivity index (χ0) is 34.5. The highest BCUT2D eigenvalue weighted by molar-refractivity contribution is 7.59. The minimum Gasteiger partial charge on any atom is -0.485 e. The number of rotatable bonds is 12. The third-order valence-corrected chi connectivity index (χ3v) is 10.3. The van der Waals surface area contributed by atoms with Crippen LogP contribution in [0, 0.1) is 13.8 Å². The number of Topliss-reactive ketones (excluding diaryl/α,β-unsaturated/α-hetero) is 1. The van der Waals surface area contributed by atoms with E-state index in [1.807, 2.05) is 30.0 Å². The van der Waals surface area contributed by atoms with Crippen molar-refractivity contribution in [1.29, 1.82) is 0 Å². The molecule has 6 rings (SSSR count). The SMILES string of the molecule is CC(=O)N1CCC(Nc2cc(C(=O)CC[C@H](O)CN3CCc4c(ccc(OCc5ocnc5C)c4C)C3)cc(N3CCN(C)CC3)n2)CC1.S. The Kier molecular flexibility index (Phi) is 12.8. The van der Waals surface area contributed by atoms with Crippen molar-refractivity contribution in [1.82, 2.24) is 24.7 Å². The number of hydrogen-bond acceptors (Lipinski definition) is 11. The van der Waals surface area contributed by atoms with Crippen molar-refractivity contribution in [3.05, 3.63) is 64.4 Å². The molecule has 272 valence electrons. The number of amides is 1. The minimum atomic E-state index is -0.609. The van der Waals surface area contributed by atoms with Crippen LogP contribution in [0.4, 0.5) is 11.6 Å². The molecule has 2 aromatic heterocycles. The molecule has 0 saturated carbocycles. The maximum Gasteiger partial charge on any atom is 0.219 e. The van der Waals surface area contributed by atoms with Gasteiger partial charge in [0, 0.05) is 83.9 Å². The molecule has 3 aliphatic rings. The number of likely N-dealkylation sites (tertiary alicyclic amines) is 1. The predicted octanol–water partition coefficient (Wildman–Crippen LogP) is 3.93. The van der Waals surface area contributed by atoms with Gasteiger partial charge in [0.25, 0.3) is 0 Å². The Morgan fingerprint density at radius 3 is 2.54 bits per heavy atom. The topological polar surface area (TPSA) is 128 Å². The Bertz CT molecular complexity index is 1620. The van der Waals surface area contributed by atoms with Gasteiger partial charge in [-0.05, 0) is 81.5 Å². The van der Waals surface area contributed by atoms with Crippen LogP contribution in [0.1, 0.15) is 71.1 Å². The number of hydrogen-bond donors (Lipinski definition) is 2. The molecular formula is C37H53N7O5S. The van der Waals surface area contributed by atoms with Crippen LogP contribution in [-0.2, 0) is 24.4 Å². The van der Waals surface area contributed by atoms with Crippen molar-refractivity contribution >= 4 is 36.8 Å². The molecule has 2 fully saturated rings. The van der Waals surface area contributed by atoms with Crippen LogP contribution in [0.5, 0.6) is 5.75 Å². The quantitative estimate of drug-likeness (QED) is 0.266. The number of aliphatic hydroxyl groups is 1. The first-order valence-corrected chi connectivity index (χ1v) is 17.7. The number of aliphatic hydroxyl groups excluding tert-OH is 1. The zero-order valence-corrected chi connectivity index (χ0v) is 30.9. The fraction of sp³-hybridized carbons (Fsp3) is 0.568. The third-order valence-electron chi connectivity index (χ3n) is 10.3. The first kappa shape index (κ1) is 37.6. The summed E-state index contributed by atoms with van der Waals surface area (Å²) in [5.41, 5.74) is 5.15. The van der Waals surface area contributed by atoms with Gasteiger partial charge in [0.15, 0.2) is 17.9 Å². The fourth-order valence-electron chi connectivity index (χ4n) is 7.13. The highest BCUT2D eigenvalue weighted by Crippen LogP contribution is 2.30. The van der Waals surface area contributed by atoms with Gasteiger partial charge in [-0.25, -0.2) is 9.97 Å². The number of anilines is 2. The Morgan fingerprint density at radius 1 is 1.08 bits per heavy atom. The molecule has 2 saturated heterocycles. The van der Waals surface area contributed by atoms with Gasteiger partial charge < -0.3 is 34.3 Å². The Balaban J connectivity index is 0.00000486. The number of aromatic nitrogens is 2. The second-order valence-corrected chi connectivity index (χ2v) is 13.9. The number of pyridine rings is 1. The van der Waals surface area contributed by atoms with E-state index >= 15 is 0 Å². The summed E-state index contributed by atoms with van der Waals surface area (Å²) in [5.74, 6) is 3.22. The molecule has 13 heteroatoms. The normalized spacial score (nSPS) is 17.9. The summed E-state index contributed by atoms with van der Waals surface area (Å²) in [4.78, 5) is 43.2. The van der Waals surface area contributed by atoms with E-state index in [0.29, 0.717) is 31.0 Å². The average molecular weight is 708 g/mol. The number of nitrogens with zero attached hydrogens (tertiary/aromatic N) is 6. The number of ketones is 1. The van der Waals surface area contributed by atoms with Gasteiger partial charge in [-0.3, -0.25) is 14.5 Å². The van der Waals surface area contributed by atoms with E-state index in [9.17, 15) is 14.7 Å². The number of ether oxygens (including phenoxy) is 1. The smallest absolute Gasteiger partial charge is 0.219 e. The lowest BCUT2D eigenvalue weighted by molar-refractivity contribution is -0.129. The first-order chi connectivity index (χ1) is 23.6. The number of carbonyl (C=O) groups is 2. The number of piperazine rings is 1. The number of nitrogens with one attached hydrogen (secondary N) is 1. The molecule has 2 N–H and O–H groups in total. The standard InChI is InChI=1S/C37H51N7O5.H2S/c1-25-32-11-12-42(21-28(32)5-8-34(25)48-23-35-26(2)38-24-49-35)22-31(46)6-7-33(47)29-19-36(39-30-9-13-43(14-10-30)27(3)45)40-37(20-29)44-17-15-41(4)16-18-44;/h5,8,19-20,24,30-31,46H,6-7,9-18,21-23H2,1-4H3,(H,39,40);1H2/t31-;/m0./s1. The number of piperidine rings is 1. The summed E-state index contributed by atoms with van der Waals surface area (Å²) in [6, 6.07) is 8.10. The molecule has 5 heterocycles. The van der Waals surface area contributed by atoms with Crippen molar-refractivity contribution < 1.29 is 23.8 Å². The second-order valence-electron chi connectivity index (χ2n) is 13.9.